The normalized spacial score (nSPS) is 20.5. The van der Waals surface area contributed by atoms with Gasteiger partial charge in [-0.25, -0.2) is 0 Å². The molecular formula is C15H20Cl2N2O2. The minimum absolute atomic E-state index is 0.331. The summed E-state index contributed by atoms with van der Waals surface area (Å²) in [4.78, 5) is 16.1. The highest BCUT2D eigenvalue weighted by atomic mass is 35.5. The topological polar surface area (TPSA) is 43.8 Å². The van der Waals surface area contributed by atoms with Gasteiger partial charge in [0.1, 0.15) is 0 Å². The molecule has 1 saturated heterocycles. The molecule has 2 rings (SSSR count). The lowest BCUT2D eigenvalue weighted by Gasteiger charge is -2.24. The van der Waals surface area contributed by atoms with Crippen molar-refractivity contribution in [3.63, 3.8) is 0 Å². The van der Waals surface area contributed by atoms with E-state index in [1.54, 1.807) is 30.1 Å². The van der Waals surface area contributed by atoms with Gasteiger partial charge in [0, 0.05) is 30.2 Å². The number of carbonyl (C=O) groups is 1. The average molecular weight is 331 g/mol. The minimum Gasteiger partial charge on any atom is -0.378 e. The molecule has 1 aromatic carbocycles. The summed E-state index contributed by atoms with van der Waals surface area (Å²) in [6, 6.07) is 4.70. The summed E-state index contributed by atoms with van der Waals surface area (Å²) in [7, 11) is 3.79. The molecule has 1 aliphatic heterocycles. The van der Waals surface area contributed by atoms with Crippen LogP contribution in [0.25, 0.3) is 0 Å². The smallest absolute Gasteiger partial charge is 0.255 e. The SMILES string of the molecule is CN1CCC(CN(C)C(=O)C(O)c2cc(Cl)cc(Cl)c2)C1. The van der Waals surface area contributed by atoms with Crippen molar-refractivity contribution in [2.75, 3.05) is 33.7 Å². The van der Waals surface area contributed by atoms with Gasteiger partial charge in [-0.05, 0) is 49.7 Å². The van der Waals surface area contributed by atoms with Gasteiger partial charge in [0.2, 0.25) is 0 Å². The number of hydrogen-bond donors (Lipinski definition) is 1. The summed E-state index contributed by atoms with van der Waals surface area (Å²) in [5, 5.41) is 11.0. The highest BCUT2D eigenvalue weighted by Crippen LogP contribution is 2.25. The number of aliphatic hydroxyl groups excluding tert-OH is 1. The van der Waals surface area contributed by atoms with Gasteiger partial charge in [-0.15, -0.1) is 0 Å². The molecule has 2 atom stereocenters. The van der Waals surface area contributed by atoms with Crippen LogP contribution < -0.4 is 0 Å². The Labute approximate surface area is 135 Å². The third-order valence-electron chi connectivity index (χ3n) is 3.83. The van der Waals surface area contributed by atoms with E-state index < -0.39 is 6.10 Å². The third-order valence-corrected chi connectivity index (χ3v) is 4.27. The van der Waals surface area contributed by atoms with Crippen molar-refractivity contribution < 1.29 is 9.90 Å². The first kappa shape index (κ1) is 16.6. The van der Waals surface area contributed by atoms with Crippen LogP contribution in [0, 0.1) is 5.92 Å². The molecule has 6 heteroatoms. The van der Waals surface area contributed by atoms with E-state index in [2.05, 4.69) is 11.9 Å². The zero-order valence-corrected chi connectivity index (χ0v) is 13.7. The molecule has 1 aliphatic rings. The summed E-state index contributed by atoms with van der Waals surface area (Å²) < 4.78 is 0. The van der Waals surface area contributed by atoms with Gasteiger partial charge in [-0.3, -0.25) is 4.79 Å². The fourth-order valence-electron chi connectivity index (χ4n) is 2.74. The molecule has 21 heavy (non-hydrogen) atoms. The molecule has 1 aromatic rings. The molecule has 1 heterocycles. The van der Waals surface area contributed by atoms with Crippen molar-refractivity contribution >= 4 is 29.1 Å². The van der Waals surface area contributed by atoms with Crippen LogP contribution >= 0.6 is 23.2 Å². The molecule has 2 unspecified atom stereocenters. The number of hydrogen-bond acceptors (Lipinski definition) is 3. The summed E-state index contributed by atoms with van der Waals surface area (Å²) >= 11 is 11.8. The zero-order chi connectivity index (χ0) is 15.6. The van der Waals surface area contributed by atoms with Crippen molar-refractivity contribution in [1.82, 2.24) is 9.80 Å². The minimum atomic E-state index is -1.23. The highest BCUT2D eigenvalue weighted by Gasteiger charge is 2.26. The fourth-order valence-corrected chi connectivity index (χ4v) is 3.28. The molecule has 4 nitrogen and oxygen atoms in total. The van der Waals surface area contributed by atoms with Crippen LogP contribution in [-0.2, 0) is 4.79 Å². The lowest BCUT2D eigenvalue weighted by Crippen LogP contribution is -2.36. The van der Waals surface area contributed by atoms with Crippen LogP contribution in [0.15, 0.2) is 18.2 Å². The number of aliphatic hydroxyl groups is 1. The van der Waals surface area contributed by atoms with Crippen LogP contribution in [0.1, 0.15) is 18.1 Å². The fraction of sp³-hybridized carbons (Fsp3) is 0.533. The van der Waals surface area contributed by atoms with E-state index in [0.717, 1.165) is 19.5 Å². The number of nitrogens with zero attached hydrogens (tertiary/aromatic N) is 2. The van der Waals surface area contributed by atoms with Crippen molar-refractivity contribution in [1.29, 1.82) is 0 Å². The van der Waals surface area contributed by atoms with Gasteiger partial charge in [-0.2, -0.15) is 0 Å². The van der Waals surface area contributed by atoms with E-state index in [9.17, 15) is 9.90 Å². The Morgan fingerprint density at radius 3 is 2.57 bits per heavy atom. The Bertz CT molecular complexity index is 504. The number of benzene rings is 1. The standard InChI is InChI=1S/C15H20Cl2N2O2/c1-18-4-3-10(8-18)9-19(2)15(21)14(20)11-5-12(16)7-13(17)6-11/h5-7,10,14,20H,3-4,8-9H2,1-2H3. The Morgan fingerprint density at radius 1 is 1.43 bits per heavy atom. The average Bonchev–Trinajstić information content (AvgIpc) is 2.81. The Hall–Kier alpha value is -0.810. The lowest BCUT2D eigenvalue weighted by atomic mass is 10.1. The van der Waals surface area contributed by atoms with E-state index in [0.29, 0.717) is 28.1 Å². The highest BCUT2D eigenvalue weighted by molar-refractivity contribution is 6.34. The molecule has 1 amide bonds. The molecule has 0 saturated carbocycles. The second kappa shape index (κ2) is 6.97. The maximum Gasteiger partial charge on any atom is 0.255 e. The van der Waals surface area contributed by atoms with Crippen molar-refractivity contribution in [2.45, 2.75) is 12.5 Å². The van der Waals surface area contributed by atoms with Crippen LogP contribution in [0.3, 0.4) is 0 Å². The second-order valence-corrected chi connectivity index (χ2v) is 6.61. The largest absolute Gasteiger partial charge is 0.378 e. The number of likely N-dealkylation sites (tertiary alicyclic amines) is 1. The maximum absolute atomic E-state index is 12.3. The Kier molecular flexibility index (Phi) is 5.49. The predicted octanol–water partition coefficient (Wildman–Crippen LogP) is 2.44. The number of likely N-dealkylation sites (N-methyl/N-ethyl adjacent to an activating group) is 1. The van der Waals surface area contributed by atoms with Gasteiger partial charge >= 0.3 is 0 Å². The number of amides is 1. The summed E-state index contributed by atoms with van der Waals surface area (Å²) in [6.45, 7) is 2.68. The molecule has 1 fully saturated rings. The predicted molar refractivity (Wildman–Crippen MR) is 84.7 cm³/mol. The van der Waals surface area contributed by atoms with Crippen LogP contribution in [0.4, 0.5) is 0 Å². The molecule has 0 bridgehead atoms. The van der Waals surface area contributed by atoms with E-state index in [4.69, 9.17) is 23.2 Å². The van der Waals surface area contributed by atoms with Crippen LogP contribution in [0.2, 0.25) is 10.0 Å². The van der Waals surface area contributed by atoms with Gasteiger partial charge < -0.3 is 14.9 Å². The second-order valence-electron chi connectivity index (χ2n) is 5.74. The molecular weight excluding hydrogens is 311 g/mol. The molecule has 116 valence electrons. The van der Waals surface area contributed by atoms with Crippen LogP contribution in [0.5, 0.6) is 0 Å². The molecule has 0 aromatic heterocycles. The molecule has 0 aliphatic carbocycles. The molecule has 0 spiro atoms. The van der Waals surface area contributed by atoms with Crippen LogP contribution in [-0.4, -0.2) is 54.5 Å². The third kappa shape index (κ3) is 4.33. The molecule has 0 radical (unpaired) electrons. The summed E-state index contributed by atoms with van der Waals surface area (Å²) in [6.07, 6.45) is -0.155. The van der Waals surface area contributed by atoms with Gasteiger partial charge in [0.15, 0.2) is 6.10 Å². The van der Waals surface area contributed by atoms with Crippen molar-refractivity contribution in [3.05, 3.63) is 33.8 Å². The number of rotatable bonds is 4. The van der Waals surface area contributed by atoms with E-state index >= 15 is 0 Å². The number of halogens is 2. The van der Waals surface area contributed by atoms with Gasteiger partial charge in [0.25, 0.3) is 5.91 Å². The van der Waals surface area contributed by atoms with E-state index in [1.807, 2.05) is 0 Å². The zero-order valence-electron chi connectivity index (χ0n) is 12.2. The van der Waals surface area contributed by atoms with E-state index in [-0.39, 0.29) is 5.91 Å². The maximum atomic E-state index is 12.3. The van der Waals surface area contributed by atoms with Crippen molar-refractivity contribution in [2.24, 2.45) is 5.92 Å². The Balaban J connectivity index is 2.00. The van der Waals surface area contributed by atoms with Gasteiger partial charge in [-0.1, -0.05) is 23.2 Å². The first-order valence-electron chi connectivity index (χ1n) is 6.94. The summed E-state index contributed by atoms with van der Waals surface area (Å²) in [5.41, 5.74) is 0.424. The monoisotopic (exact) mass is 330 g/mol. The first-order valence-corrected chi connectivity index (χ1v) is 7.70. The summed E-state index contributed by atoms with van der Waals surface area (Å²) in [5.74, 6) is 0.127. The lowest BCUT2D eigenvalue weighted by molar-refractivity contribution is -0.139. The number of carbonyl (C=O) groups excluding carboxylic acids is 1. The Morgan fingerprint density at radius 2 is 2.05 bits per heavy atom. The van der Waals surface area contributed by atoms with Gasteiger partial charge in [0.05, 0.1) is 0 Å². The first-order chi connectivity index (χ1) is 9.86. The molecule has 1 N–H and O–H groups in total. The van der Waals surface area contributed by atoms with E-state index in [1.165, 1.54) is 0 Å². The van der Waals surface area contributed by atoms with Crippen molar-refractivity contribution in [3.8, 4) is 0 Å². The quantitative estimate of drug-likeness (QED) is 0.922.